The van der Waals surface area contributed by atoms with Crippen molar-refractivity contribution in [1.82, 2.24) is 10.3 Å². The first kappa shape index (κ1) is 26.3. The van der Waals surface area contributed by atoms with Crippen molar-refractivity contribution in [3.05, 3.63) is 81.6 Å². The number of pyridine rings is 1. The van der Waals surface area contributed by atoms with Crippen LogP contribution in [0.15, 0.2) is 54.9 Å². The molecular formula is C25H24Cl2N2O6. The van der Waals surface area contributed by atoms with E-state index in [2.05, 4.69) is 10.3 Å². The fourth-order valence-corrected chi connectivity index (χ4v) is 3.81. The number of benzene rings is 2. The second kappa shape index (κ2) is 12.4. The quantitative estimate of drug-likeness (QED) is 0.368. The maximum absolute atomic E-state index is 13.2. The SMILES string of the molecule is COc1ccc(C(=O)Cc2c(Cl)cncc2Cl)c(OCC(=O)NCC(O)c2ccccc2)c1OC. The number of hydrogen-bond donors (Lipinski definition) is 2. The summed E-state index contributed by atoms with van der Waals surface area (Å²) in [5.74, 6) is -0.349. The maximum Gasteiger partial charge on any atom is 0.258 e. The Labute approximate surface area is 212 Å². The predicted molar refractivity (Wildman–Crippen MR) is 132 cm³/mol. The highest BCUT2D eigenvalue weighted by molar-refractivity contribution is 6.36. The van der Waals surface area contributed by atoms with Crippen LogP contribution in [0.3, 0.4) is 0 Å². The number of nitrogens with zero attached hydrogens (tertiary/aromatic N) is 1. The minimum atomic E-state index is -0.876. The highest BCUT2D eigenvalue weighted by Gasteiger charge is 2.24. The third-order valence-corrected chi connectivity index (χ3v) is 5.77. The Kier molecular flexibility index (Phi) is 9.31. The molecule has 0 fully saturated rings. The second-order valence-corrected chi connectivity index (χ2v) is 8.19. The molecule has 0 bridgehead atoms. The largest absolute Gasteiger partial charge is 0.493 e. The molecule has 2 aromatic carbocycles. The van der Waals surface area contributed by atoms with Crippen molar-refractivity contribution in [1.29, 1.82) is 0 Å². The fourth-order valence-electron chi connectivity index (χ4n) is 3.32. The summed E-state index contributed by atoms with van der Waals surface area (Å²) < 4.78 is 16.4. The molecule has 0 radical (unpaired) electrons. The van der Waals surface area contributed by atoms with Crippen molar-refractivity contribution in [2.24, 2.45) is 0 Å². The molecule has 0 aliphatic rings. The first-order valence-electron chi connectivity index (χ1n) is 10.5. The van der Waals surface area contributed by atoms with Gasteiger partial charge in [0.05, 0.1) is 35.9 Å². The van der Waals surface area contributed by atoms with Crippen LogP contribution in [0.1, 0.15) is 27.6 Å². The summed E-state index contributed by atoms with van der Waals surface area (Å²) in [6.07, 6.45) is 1.80. The Morgan fingerprint density at radius 2 is 1.69 bits per heavy atom. The number of halogens is 2. The number of Topliss-reactive ketones (excluding diaryl/α,β-unsaturated/α-hetero) is 1. The molecule has 1 unspecified atom stereocenters. The average Bonchev–Trinajstić information content (AvgIpc) is 2.87. The molecule has 10 heteroatoms. The molecule has 3 aromatic rings. The summed E-state index contributed by atoms with van der Waals surface area (Å²) in [5.41, 5.74) is 1.25. The zero-order chi connectivity index (χ0) is 25.4. The number of nitrogens with one attached hydrogen (secondary N) is 1. The van der Waals surface area contributed by atoms with Gasteiger partial charge in [-0.25, -0.2) is 0 Å². The van der Waals surface area contributed by atoms with Crippen LogP contribution in [0.5, 0.6) is 17.2 Å². The first-order chi connectivity index (χ1) is 16.8. The average molecular weight is 519 g/mol. The van der Waals surface area contributed by atoms with Crippen LogP contribution < -0.4 is 19.5 Å². The van der Waals surface area contributed by atoms with Crippen LogP contribution in [0.4, 0.5) is 0 Å². The van der Waals surface area contributed by atoms with Gasteiger partial charge in [0, 0.05) is 30.9 Å². The number of amides is 1. The zero-order valence-electron chi connectivity index (χ0n) is 19.1. The summed E-state index contributed by atoms with van der Waals surface area (Å²) in [6.45, 7) is -0.436. The Hall–Kier alpha value is -3.33. The van der Waals surface area contributed by atoms with Gasteiger partial charge in [0.1, 0.15) is 0 Å². The molecule has 184 valence electrons. The predicted octanol–water partition coefficient (Wildman–Crippen LogP) is 4.06. The lowest BCUT2D eigenvalue weighted by atomic mass is 10.0. The van der Waals surface area contributed by atoms with Gasteiger partial charge in [0.2, 0.25) is 5.75 Å². The summed E-state index contributed by atoms with van der Waals surface area (Å²) in [7, 11) is 2.84. The number of hydrogen-bond acceptors (Lipinski definition) is 7. The van der Waals surface area contributed by atoms with Crippen LogP contribution in [0.25, 0.3) is 0 Å². The fraction of sp³-hybridized carbons (Fsp3) is 0.240. The molecule has 0 aliphatic carbocycles. The normalized spacial score (nSPS) is 11.5. The zero-order valence-corrected chi connectivity index (χ0v) is 20.6. The molecule has 2 N–H and O–H groups in total. The second-order valence-electron chi connectivity index (χ2n) is 7.38. The summed E-state index contributed by atoms with van der Waals surface area (Å²) in [5, 5.41) is 13.4. The van der Waals surface area contributed by atoms with E-state index in [1.807, 2.05) is 6.07 Å². The highest BCUT2D eigenvalue weighted by Crippen LogP contribution is 2.41. The highest BCUT2D eigenvalue weighted by atomic mass is 35.5. The van der Waals surface area contributed by atoms with Crippen LogP contribution >= 0.6 is 23.2 Å². The molecule has 35 heavy (non-hydrogen) atoms. The van der Waals surface area contributed by atoms with Crippen molar-refractivity contribution in [2.75, 3.05) is 27.4 Å². The van der Waals surface area contributed by atoms with Gasteiger partial charge in [-0.3, -0.25) is 14.6 Å². The molecule has 8 nitrogen and oxygen atoms in total. The molecule has 0 saturated heterocycles. The molecule has 0 spiro atoms. The Morgan fingerprint density at radius 1 is 1.00 bits per heavy atom. The molecule has 0 aliphatic heterocycles. The number of ether oxygens (including phenoxy) is 3. The smallest absolute Gasteiger partial charge is 0.258 e. The van der Waals surface area contributed by atoms with Gasteiger partial charge in [-0.15, -0.1) is 0 Å². The summed E-state index contributed by atoms with van der Waals surface area (Å²) >= 11 is 12.3. The van der Waals surface area contributed by atoms with Gasteiger partial charge in [0.15, 0.2) is 23.9 Å². The van der Waals surface area contributed by atoms with Gasteiger partial charge in [-0.05, 0) is 17.7 Å². The van der Waals surface area contributed by atoms with Crippen LogP contribution in [0, 0.1) is 0 Å². The number of carbonyl (C=O) groups excluding carboxylic acids is 2. The number of aromatic nitrogens is 1. The topological polar surface area (TPSA) is 107 Å². The Balaban J connectivity index is 1.77. The number of carbonyl (C=O) groups is 2. The monoisotopic (exact) mass is 518 g/mol. The molecule has 1 aromatic heterocycles. The molecule has 1 heterocycles. The molecule has 3 rings (SSSR count). The van der Waals surface area contributed by atoms with Crippen LogP contribution in [-0.4, -0.2) is 49.2 Å². The van der Waals surface area contributed by atoms with E-state index < -0.39 is 18.6 Å². The molecule has 1 atom stereocenters. The summed E-state index contributed by atoms with van der Waals surface area (Å²) in [4.78, 5) is 29.5. The van der Waals surface area contributed by atoms with Gasteiger partial charge in [-0.2, -0.15) is 0 Å². The third kappa shape index (κ3) is 6.63. The summed E-state index contributed by atoms with van der Waals surface area (Å²) in [6, 6.07) is 12.0. The Bertz CT molecular complexity index is 1170. The molecule has 0 saturated carbocycles. The molecular weight excluding hydrogens is 495 g/mol. The van der Waals surface area contributed by atoms with Gasteiger partial charge < -0.3 is 24.6 Å². The van der Waals surface area contributed by atoms with Gasteiger partial charge in [-0.1, -0.05) is 53.5 Å². The van der Waals surface area contributed by atoms with E-state index in [9.17, 15) is 14.7 Å². The number of ketones is 1. The molecule has 1 amide bonds. The number of aliphatic hydroxyl groups is 1. The van der Waals surface area contributed by atoms with Crippen molar-refractivity contribution in [3.63, 3.8) is 0 Å². The standard InChI is InChI=1S/C25H24Cl2N2O6/c1-33-22-9-8-16(20(30)10-17-18(26)11-28-12-19(17)27)24(25(22)34-2)35-14-23(32)29-13-21(31)15-6-4-3-5-7-15/h3-9,11-12,21,31H,10,13-14H2,1-2H3,(H,29,32). The van der Waals surface area contributed by atoms with Crippen molar-refractivity contribution in [3.8, 4) is 17.2 Å². The van der Waals surface area contributed by atoms with Crippen LogP contribution in [0.2, 0.25) is 10.0 Å². The van der Waals surface area contributed by atoms with Gasteiger partial charge >= 0.3 is 0 Å². The van der Waals surface area contributed by atoms with E-state index in [0.29, 0.717) is 16.9 Å². The lowest BCUT2D eigenvalue weighted by molar-refractivity contribution is -0.123. The van der Waals surface area contributed by atoms with E-state index in [4.69, 9.17) is 37.4 Å². The Morgan fingerprint density at radius 3 is 2.31 bits per heavy atom. The first-order valence-corrected chi connectivity index (χ1v) is 11.3. The third-order valence-electron chi connectivity index (χ3n) is 5.11. The minimum absolute atomic E-state index is 0.00766. The van der Waals surface area contributed by atoms with Gasteiger partial charge in [0.25, 0.3) is 5.91 Å². The lowest BCUT2D eigenvalue weighted by Crippen LogP contribution is -2.32. The maximum atomic E-state index is 13.2. The van der Waals surface area contributed by atoms with Crippen molar-refractivity contribution >= 4 is 34.9 Å². The number of rotatable bonds is 11. The number of methoxy groups -OCH3 is 2. The van der Waals surface area contributed by atoms with E-state index in [0.717, 1.165) is 0 Å². The lowest BCUT2D eigenvalue weighted by Gasteiger charge is -2.18. The van der Waals surface area contributed by atoms with Crippen molar-refractivity contribution in [2.45, 2.75) is 12.5 Å². The van der Waals surface area contributed by atoms with E-state index in [1.54, 1.807) is 30.3 Å². The number of aliphatic hydroxyl groups excluding tert-OH is 1. The van der Waals surface area contributed by atoms with Crippen molar-refractivity contribution < 1.29 is 28.9 Å². The minimum Gasteiger partial charge on any atom is -0.493 e. The van der Waals surface area contributed by atoms with E-state index in [-0.39, 0.29) is 45.9 Å². The van der Waals surface area contributed by atoms with E-state index in [1.165, 1.54) is 32.7 Å². The van der Waals surface area contributed by atoms with Crippen LogP contribution in [-0.2, 0) is 11.2 Å². The van der Waals surface area contributed by atoms with E-state index >= 15 is 0 Å².